The highest BCUT2D eigenvalue weighted by Gasteiger charge is 2.39. The Morgan fingerprint density at radius 1 is 1.06 bits per heavy atom. The van der Waals surface area contributed by atoms with Gasteiger partial charge in [0.2, 0.25) is 0 Å². The second-order valence-corrected chi connectivity index (χ2v) is 13.1. The lowest BCUT2D eigenvalue weighted by Crippen LogP contribution is -2.40. The first-order valence-corrected chi connectivity index (χ1v) is 15.6. The molecule has 0 aromatic carbocycles. The zero-order chi connectivity index (χ0) is 23.3. The summed E-state index contributed by atoms with van der Waals surface area (Å²) in [6, 6.07) is 0. The molecule has 4 atom stereocenters. The zero-order valence-corrected chi connectivity index (χ0v) is 22.6. The molecule has 0 amide bonds. The number of unbranched alkanes of at least 4 members (excludes halogenated alkanes) is 5. The van der Waals surface area contributed by atoms with Gasteiger partial charge in [-0.1, -0.05) is 84.4 Å². The number of allylic oxidation sites excluding steroid dienone is 3. The Morgan fingerprint density at radius 3 is 2.35 bits per heavy atom. The number of esters is 1. The molecule has 0 heterocycles. The van der Waals surface area contributed by atoms with E-state index in [2.05, 4.69) is 65.1 Å². The van der Waals surface area contributed by atoms with Gasteiger partial charge in [-0.3, -0.25) is 4.79 Å². The fourth-order valence-corrected chi connectivity index (χ4v) is 6.00. The van der Waals surface area contributed by atoms with Crippen LogP contribution in [0.25, 0.3) is 0 Å². The standard InChI is InChI=1S/C27H50O3Si/c1-8-9-10-11-12-13-19-24(29-22(2)28)20-15-14-17-23-18-16-21-25(23)26(27(3,4)5)30-31(6)7/h14-15,17,20,23-26,31H,8-13,16,18-19,21H2,1-7H3/t23-,24?,25+,26?/m0/s1. The van der Waals surface area contributed by atoms with Crippen molar-refractivity contribution < 1.29 is 14.0 Å². The molecule has 31 heavy (non-hydrogen) atoms. The van der Waals surface area contributed by atoms with Crippen molar-refractivity contribution >= 4 is 15.0 Å². The molecule has 0 aromatic rings. The van der Waals surface area contributed by atoms with Gasteiger partial charge in [0, 0.05) is 6.92 Å². The van der Waals surface area contributed by atoms with Crippen LogP contribution in [0, 0.1) is 17.3 Å². The van der Waals surface area contributed by atoms with E-state index < -0.39 is 9.04 Å². The van der Waals surface area contributed by atoms with E-state index in [0.717, 1.165) is 12.8 Å². The van der Waals surface area contributed by atoms with Gasteiger partial charge in [0.25, 0.3) is 0 Å². The van der Waals surface area contributed by atoms with Crippen LogP contribution in [0.5, 0.6) is 0 Å². The van der Waals surface area contributed by atoms with Crippen molar-refractivity contribution in [2.45, 2.75) is 124 Å². The Morgan fingerprint density at radius 2 is 1.74 bits per heavy atom. The number of hydrogen-bond donors (Lipinski definition) is 0. The van der Waals surface area contributed by atoms with Crippen LogP contribution in [0.15, 0.2) is 24.3 Å². The van der Waals surface area contributed by atoms with Crippen molar-refractivity contribution in [3.8, 4) is 0 Å². The second-order valence-electron chi connectivity index (χ2n) is 10.7. The SMILES string of the molecule is CCCCCCCCC(C=CC=C[C@H]1CCC[C@H]1C(O[SiH](C)C)C(C)(C)C)OC(C)=O. The number of ether oxygens (including phenoxy) is 1. The summed E-state index contributed by atoms with van der Waals surface area (Å²) in [5.41, 5.74) is 0.172. The molecule has 0 spiro atoms. The van der Waals surface area contributed by atoms with Crippen LogP contribution in [0.3, 0.4) is 0 Å². The maximum Gasteiger partial charge on any atom is 0.303 e. The third-order valence-electron chi connectivity index (χ3n) is 6.24. The first kappa shape index (κ1) is 28.2. The first-order chi connectivity index (χ1) is 14.6. The van der Waals surface area contributed by atoms with Crippen molar-refractivity contribution in [1.29, 1.82) is 0 Å². The molecule has 1 aliphatic rings. The van der Waals surface area contributed by atoms with E-state index >= 15 is 0 Å². The van der Waals surface area contributed by atoms with E-state index in [1.807, 2.05) is 0 Å². The molecule has 3 nitrogen and oxygen atoms in total. The Kier molecular flexibility index (Phi) is 13.7. The van der Waals surface area contributed by atoms with E-state index in [0.29, 0.717) is 17.9 Å². The average Bonchev–Trinajstić information content (AvgIpc) is 3.12. The van der Waals surface area contributed by atoms with E-state index in [1.165, 1.54) is 58.3 Å². The predicted molar refractivity (Wildman–Crippen MR) is 136 cm³/mol. The Balaban J connectivity index is 2.64. The lowest BCUT2D eigenvalue weighted by atomic mass is 9.77. The monoisotopic (exact) mass is 450 g/mol. The summed E-state index contributed by atoms with van der Waals surface area (Å²) in [6.45, 7) is 15.3. The smallest absolute Gasteiger partial charge is 0.303 e. The molecule has 0 aliphatic heterocycles. The maximum absolute atomic E-state index is 11.5. The number of rotatable bonds is 14. The zero-order valence-electron chi connectivity index (χ0n) is 21.5. The molecule has 0 N–H and O–H groups in total. The summed E-state index contributed by atoms with van der Waals surface area (Å²) in [6.07, 6.45) is 21.2. The van der Waals surface area contributed by atoms with Crippen LogP contribution in [0.4, 0.5) is 0 Å². The molecule has 1 fully saturated rings. The van der Waals surface area contributed by atoms with Gasteiger partial charge in [0.05, 0.1) is 6.10 Å². The lowest BCUT2D eigenvalue weighted by Gasteiger charge is -2.39. The van der Waals surface area contributed by atoms with Gasteiger partial charge in [-0.25, -0.2) is 0 Å². The van der Waals surface area contributed by atoms with Gasteiger partial charge >= 0.3 is 5.97 Å². The van der Waals surface area contributed by atoms with Crippen LogP contribution in [0.2, 0.25) is 13.1 Å². The topological polar surface area (TPSA) is 35.5 Å². The second kappa shape index (κ2) is 15.1. The van der Waals surface area contributed by atoms with Gasteiger partial charge in [-0.2, -0.15) is 0 Å². The van der Waals surface area contributed by atoms with Crippen LogP contribution in [-0.4, -0.2) is 27.2 Å². The molecule has 1 saturated carbocycles. The fraction of sp³-hybridized carbons (Fsp3) is 0.815. The van der Waals surface area contributed by atoms with Gasteiger partial charge in [-0.15, -0.1) is 0 Å². The summed E-state index contributed by atoms with van der Waals surface area (Å²) in [4.78, 5) is 11.5. The normalized spacial score (nSPS) is 21.9. The molecule has 0 aromatic heterocycles. The summed E-state index contributed by atoms with van der Waals surface area (Å²) in [5.74, 6) is 0.989. The largest absolute Gasteiger partial charge is 0.458 e. The van der Waals surface area contributed by atoms with E-state index in [4.69, 9.17) is 9.16 Å². The van der Waals surface area contributed by atoms with Gasteiger partial charge in [0.1, 0.15) is 6.10 Å². The molecule has 0 bridgehead atoms. The minimum absolute atomic E-state index is 0.106. The highest BCUT2D eigenvalue weighted by atomic mass is 28.3. The van der Waals surface area contributed by atoms with Crippen LogP contribution >= 0.6 is 0 Å². The Bertz CT molecular complexity index is 547. The molecular weight excluding hydrogens is 400 g/mol. The average molecular weight is 451 g/mol. The molecule has 1 rings (SSSR count). The highest BCUT2D eigenvalue weighted by Crippen LogP contribution is 2.42. The number of hydrogen-bond acceptors (Lipinski definition) is 3. The fourth-order valence-electron chi connectivity index (χ4n) is 4.80. The highest BCUT2D eigenvalue weighted by molar-refractivity contribution is 6.48. The number of carbonyl (C=O) groups is 1. The molecule has 1 aliphatic carbocycles. The van der Waals surface area contributed by atoms with Crippen molar-refractivity contribution in [1.82, 2.24) is 0 Å². The van der Waals surface area contributed by atoms with Crippen molar-refractivity contribution in [3.63, 3.8) is 0 Å². The molecule has 0 saturated heterocycles. The maximum atomic E-state index is 11.5. The summed E-state index contributed by atoms with van der Waals surface area (Å²) >= 11 is 0. The van der Waals surface area contributed by atoms with Crippen molar-refractivity contribution in [3.05, 3.63) is 24.3 Å². The van der Waals surface area contributed by atoms with E-state index in [1.54, 1.807) is 0 Å². The minimum atomic E-state index is -1.08. The summed E-state index contributed by atoms with van der Waals surface area (Å²) < 4.78 is 12.0. The van der Waals surface area contributed by atoms with Gasteiger partial charge < -0.3 is 9.16 Å². The van der Waals surface area contributed by atoms with Gasteiger partial charge in [-0.05, 0) is 62.1 Å². The van der Waals surface area contributed by atoms with Crippen molar-refractivity contribution in [2.75, 3.05) is 0 Å². The van der Waals surface area contributed by atoms with Crippen LogP contribution in [0.1, 0.15) is 98.8 Å². The summed E-state index contributed by atoms with van der Waals surface area (Å²) in [7, 11) is -1.08. The minimum Gasteiger partial charge on any atom is -0.458 e. The molecular formula is C27H50O3Si. The summed E-state index contributed by atoms with van der Waals surface area (Å²) in [5, 5.41) is 0. The molecule has 4 heteroatoms. The third-order valence-corrected chi connectivity index (χ3v) is 7.08. The van der Waals surface area contributed by atoms with E-state index in [-0.39, 0.29) is 17.5 Å². The molecule has 2 unspecified atom stereocenters. The van der Waals surface area contributed by atoms with Crippen LogP contribution in [-0.2, 0) is 14.0 Å². The quantitative estimate of drug-likeness (QED) is 0.118. The first-order valence-electron chi connectivity index (χ1n) is 12.8. The lowest BCUT2D eigenvalue weighted by molar-refractivity contribution is -0.144. The number of carbonyl (C=O) groups excluding carboxylic acids is 1. The van der Waals surface area contributed by atoms with Crippen LogP contribution < -0.4 is 0 Å². The Labute approximate surface area is 194 Å². The molecule has 0 radical (unpaired) electrons. The van der Waals surface area contributed by atoms with Gasteiger partial charge in [0.15, 0.2) is 9.04 Å². The predicted octanol–water partition coefficient (Wildman–Crippen LogP) is 7.61. The van der Waals surface area contributed by atoms with Crippen molar-refractivity contribution in [2.24, 2.45) is 17.3 Å². The molecule has 180 valence electrons. The Hall–Kier alpha value is -0.873. The van der Waals surface area contributed by atoms with E-state index in [9.17, 15) is 4.79 Å². The third kappa shape index (κ3) is 12.1.